The van der Waals surface area contributed by atoms with E-state index in [4.69, 9.17) is 0 Å². The quantitative estimate of drug-likeness (QED) is 0.525. The molecule has 0 aliphatic heterocycles. The predicted octanol–water partition coefficient (Wildman–Crippen LogP) is 0.157. The molecule has 0 bridgehead atoms. The van der Waals surface area contributed by atoms with Crippen LogP contribution >= 0.6 is 0 Å². The van der Waals surface area contributed by atoms with Crippen molar-refractivity contribution < 1.29 is 23.8 Å². The zero-order valence-electron chi connectivity index (χ0n) is 7.95. The Labute approximate surface area is 85.3 Å². The summed E-state index contributed by atoms with van der Waals surface area (Å²) in [6, 6.07) is 3.50. The molecular weight excluding hydrogens is 203 g/mol. The van der Waals surface area contributed by atoms with Crippen molar-refractivity contribution in [2.24, 2.45) is 0 Å². The fraction of sp³-hybridized carbons (Fsp3) is 0.200. The Bertz CT molecular complexity index is 400. The van der Waals surface area contributed by atoms with Gasteiger partial charge in [-0.1, -0.05) is 0 Å². The molecule has 5 heteroatoms. The minimum Gasteiger partial charge on any atom is -0.550 e. The highest BCUT2D eigenvalue weighted by molar-refractivity contribution is 6.05. The zero-order chi connectivity index (χ0) is 11.4. The molecule has 1 rings (SSSR count). The maximum Gasteiger partial charge on any atom is 0.168 e. The third-order valence-corrected chi connectivity index (χ3v) is 1.78. The highest BCUT2D eigenvalue weighted by Gasteiger charge is 2.09. The molecule has 0 heterocycles. The van der Waals surface area contributed by atoms with Crippen LogP contribution in [0.1, 0.15) is 16.8 Å². The second kappa shape index (κ2) is 4.54. The molecule has 0 radical (unpaired) electrons. The smallest absolute Gasteiger partial charge is 0.168 e. The number of carbonyl (C=O) groups is 2. The molecular formula is C10H8FO4-. The summed E-state index contributed by atoms with van der Waals surface area (Å²) >= 11 is 0. The predicted molar refractivity (Wildman–Crippen MR) is 46.9 cm³/mol. The van der Waals surface area contributed by atoms with E-state index in [1.54, 1.807) is 0 Å². The van der Waals surface area contributed by atoms with E-state index in [0.29, 0.717) is 0 Å². The van der Waals surface area contributed by atoms with Crippen LogP contribution in [0.25, 0.3) is 0 Å². The van der Waals surface area contributed by atoms with Gasteiger partial charge in [0.15, 0.2) is 17.3 Å². The standard InChI is InChI=1S/C10H9FO4/c1-15-9-3-2-6(4-7(9)11)8(12)5-10(13)14/h2-4H,5H2,1H3,(H,13,14)/p-1. The van der Waals surface area contributed by atoms with Crippen molar-refractivity contribution in [1.82, 2.24) is 0 Å². The van der Waals surface area contributed by atoms with Gasteiger partial charge in [-0.2, -0.15) is 0 Å². The molecule has 1 aromatic carbocycles. The molecule has 0 spiro atoms. The van der Waals surface area contributed by atoms with E-state index in [1.807, 2.05) is 0 Å². The van der Waals surface area contributed by atoms with Crippen LogP contribution in [-0.4, -0.2) is 18.9 Å². The van der Waals surface area contributed by atoms with E-state index in [-0.39, 0.29) is 11.3 Å². The third kappa shape index (κ3) is 2.77. The lowest BCUT2D eigenvalue weighted by Gasteiger charge is -2.04. The van der Waals surface area contributed by atoms with Gasteiger partial charge in [0, 0.05) is 11.5 Å². The van der Waals surface area contributed by atoms with Crippen LogP contribution < -0.4 is 9.84 Å². The first kappa shape index (κ1) is 11.2. The first-order chi connectivity index (χ1) is 7.04. The fourth-order valence-corrected chi connectivity index (χ4v) is 1.07. The number of rotatable bonds is 4. The summed E-state index contributed by atoms with van der Waals surface area (Å²) in [6.45, 7) is 0. The van der Waals surface area contributed by atoms with Gasteiger partial charge >= 0.3 is 0 Å². The van der Waals surface area contributed by atoms with Gasteiger partial charge < -0.3 is 14.6 Å². The summed E-state index contributed by atoms with van der Waals surface area (Å²) in [7, 11) is 1.29. The first-order valence-corrected chi connectivity index (χ1v) is 4.11. The average molecular weight is 211 g/mol. The molecule has 0 amide bonds. The van der Waals surface area contributed by atoms with E-state index in [0.717, 1.165) is 6.07 Å². The van der Waals surface area contributed by atoms with E-state index < -0.39 is 24.0 Å². The number of ketones is 1. The number of hydrogen-bond donors (Lipinski definition) is 0. The first-order valence-electron chi connectivity index (χ1n) is 4.11. The normalized spacial score (nSPS) is 9.73. The number of aliphatic carboxylic acids is 1. The second-order valence-electron chi connectivity index (χ2n) is 2.82. The van der Waals surface area contributed by atoms with Crippen LogP contribution in [-0.2, 0) is 4.79 Å². The molecule has 0 N–H and O–H groups in total. The van der Waals surface area contributed by atoms with Gasteiger partial charge in [0.1, 0.15) is 0 Å². The van der Waals surface area contributed by atoms with Crippen LogP contribution in [0.2, 0.25) is 0 Å². The summed E-state index contributed by atoms with van der Waals surface area (Å²) in [5.74, 6) is -2.89. The van der Waals surface area contributed by atoms with Crippen LogP contribution in [0.15, 0.2) is 18.2 Å². The lowest BCUT2D eigenvalue weighted by molar-refractivity contribution is -0.304. The molecule has 80 valence electrons. The van der Waals surface area contributed by atoms with Crippen LogP contribution in [0, 0.1) is 5.82 Å². The number of halogens is 1. The van der Waals surface area contributed by atoms with Crippen molar-refractivity contribution in [2.45, 2.75) is 6.42 Å². The minimum atomic E-state index is -1.49. The van der Waals surface area contributed by atoms with Crippen molar-refractivity contribution in [2.75, 3.05) is 7.11 Å². The third-order valence-electron chi connectivity index (χ3n) is 1.78. The molecule has 0 fully saturated rings. The Kier molecular flexibility index (Phi) is 3.38. The number of ether oxygens (including phenoxy) is 1. The summed E-state index contributed by atoms with van der Waals surface area (Å²) in [5.41, 5.74) is -0.0162. The Balaban J connectivity index is 2.92. The van der Waals surface area contributed by atoms with Gasteiger partial charge in [-0.25, -0.2) is 4.39 Å². The number of carbonyl (C=O) groups excluding carboxylic acids is 2. The largest absolute Gasteiger partial charge is 0.550 e. The SMILES string of the molecule is COc1ccc(C(=O)CC(=O)[O-])cc1F. The molecule has 0 aliphatic carbocycles. The number of benzene rings is 1. The maximum absolute atomic E-state index is 13.1. The summed E-state index contributed by atoms with van der Waals surface area (Å²) in [4.78, 5) is 21.3. The van der Waals surface area contributed by atoms with Crippen molar-refractivity contribution >= 4 is 11.8 Å². The van der Waals surface area contributed by atoms with E-state index in [9.17, 15) is 19.1 Å². The van der Waals surface area contributed by atoms with Gasteiger partial charge in [0.25, 0.3) is 0 Å². The second-order valence-corrected chi connectivity index (χ2v) is 2.82. The molecule has 0 saturated heterocycles. The number of Topliss-reactive ketones (excluding diaryl/α,β-unsaturated/α-hetero) is 1. The minimum absolute atomic E-state index is 0.000000000000000222. The number of carboxylic acid groups (broad SMARTS) is 1. The molecule has 0 unspecified atom stereocenters. The van der Waals surface area contributed by atoms with Crippen molar-refractivity contribution in [3.63, 3.8) is 0 Å². The summed E-state index contributed by atoms with van der Waals surface area (Å²) < 4.78 is 17.8. The van der Waals surface area contributed by atoms with E-state index in [1.165, 1.54) is 19.2 Å². The number of hydrogen-bond acceptors (Lipinski definition) is 4. The van der Waals surface area contributed by atoms with Crippen LogP contribution in [0.5, 0.6) is 5.75 Å². The van der Waals surface area contributed by atoms with Crippen molar-refractivity contribution in [3.8, 4) is 5.75 Å². The van der Waals surface area contributed by atoms with Gasteiger partial charge in [-0.3, -0.25) is 4.79 Å². The average Bonchev–Trinajstić information content (AvgIpc) is 2.16. The van der Waals surface area contributed by atoms with E-state index in [2.05, 4.69) is 4.74 Å². The maximum atomic E-state index is 13.1. The van der Waals surface area contributed by atoms with Gasteiger partial charge in [-0.15, -0.1) is 0 Å². The molecule has 1 aromatic rings. The highest BCUT2D eigenvalue weighted by Crippen LogP contribution is 2.18. The van der Waals surface area contributed by atoms with Gasteiger partial charge in [-0.05, 0) is 18.2 Å². The molecule has 0 saturated carbocycles. The van der Waals surface area contributed by atoms with Gasteiger partial charge in [0.2, 0.25) is 0 Å². The Hall–Kier alpha value is -1.91. The van der Waals surface area contributed by atoms with Crippen LogP contribution in [0.4, 0.5) is 4.39 Å². The zero-order valence-corrected chi connectivity index (χ0v) is 7.95. The Morgan fingerprint density at radius 2 is 2.13 bits per heavy atom. The van der Waals surface area contributed by atoms with Crippen molar-refractivity contribution in [3.05, 3.63) is 29.6 Å². The fourth-order valence-electron chi connectivity index (χ4n) is 1.07. The lowest BCUT2D eigenvalue weighted by Crippen LogP contribution is -2.25. The molecule has 15 heavy (non-hydrogen) atoms. The van der Waals surface area contributed by atoms with E-state index >= 15 is 0 Å². The van der Waals surface area contributed by atoms with Gasteiger partial charge in [0.05, 0.1) is 13.5 Å². The Morgan fingerprint density at radius 3 is 2.60 bits per heavy atom. The van der Waals surface area contributed by atoms with Crippen molar-refractivity contribution in [1.29, 1.82) is 0 Å². The molecule has 0 aliphatic rings. The lowest BCUT2D eigenvalue weighted by atomic mass is 10.1. The number of carboxylic acids is 1. The molecule has 0 aromatic heterocycles. The highest BCUT2D eigenvalue weighted by atomic mass is 19.1. The molecule has 4 nitrogen and oxygen atoms in total. The molecule has 0 atom stereocenters. The summed E-state index contributed by atoms with van der Waals surface area (Å²) in [6.07, 6.45) is -0.758. The van der Waals surface area contributed by atoms with Crippen LogP contribution in [0.3, 0.4) is 0 Å². The monoisotopic (exact) mass is 211 g/mol. The number of methoxy groups -OCH3 is 1. The Morgan fingerprint density at radius 1 is 1.47 bits per heavy atom. The summed E-state index contributed by atoms with van der Waals surface area (Å²) in [5, 5.41) is 10.1. The topological polar surface area (TPSA) is 66.4 Å².